The van der Waals surface area contributed by atoms with E-state index in [0.29, 0.717) is 51.4 Å². The molecule has 2 bridgehead atoms. The molecule has 3 fully saturated rings. The van der Waals surface area contributed by atoms with Crippen LogP contribution in [0, 0.1) is 29.6 Å². The van der Waals surface area contributed by atoms with E-state index in [1.54, 1.807) is 26.2 Å². The van der Waals surface area contributed by atoms with Crippen LogP contribution < -0.4 is 0 Å². The summed E-state index contributed by atoms with van der Waals surface area (Å²) in [5.74, 6) is -7.86. The molecule has 2 saturated heterocycles. The number of aliphatic hydroxyl groups excluding tert-OH is 1. The van der Waals surface area contributed by atoms with Gasteiger partial charge in [-0.15, -0.1) is 0 Å². The Hall–Kier alpha value is -2.98. The number of rotatable bonds is 8. The van der Waals surface area contributed by atoms with Gasteiger partial charge in [-0.3, -0.25) is 14.4 Å². The second-order valence-electron chi connectivity index (χ2n) is 18.0. The molecule has 3 heterocycles. The van der Waals surface area contributed by atoms with Gasteiger partial charge in [0.25, 0.3) is 11.7 Å². The summed E-state index contributed by atoms with van der Waals surface area (Å²) in [5.41, 5.74) is 0.0211. The van der Waals surface area contributed by atoms with Gasteiger partial charge in [0.2, 0.25) is 5.79 Å². The predicted octanol–water partition coefficient (Wildman–Crippen LogP) is 5.00. The quantitative estimate of drug-likeness (QED) is 0.168. The zero-order chi connectivity index (χ0) is 44.5. The molecule has 340 valence electrons. The van der Waals surface area contributed by atoms with Crippen LogP contribution in [0.3, 0.4) is 0 Å². The summed E-state index contributed by atoms with van der Waals surface area (Å²) in [6.07, 6.45) is 8.06. The summed E-state index contributed by atoms with van der Waals surface area (Å²) in [5, 5.41) is 35.0. The lowest BCUT2D eigenvalue weighted by atomic mass is 9.79. The topological polar surface area (TPSA) is 188 Å². The van der Waals surface area contributed by atoms with Crippen LogP contribution in [-0.4, -0.2) is 133 Å². The van der Waals surface area contributed by atoms with Crippen molar-refractivity contribution in [1.29, 1.82) is 0 Å². The van der Waals surface area contributed by atoms with Crippen molar-refractivity contribution in [2.24, 2.45) is 29.6 Å². The Bertz CT molecular complexity index is 1580. The monoisotopic (exact) mass is 848 g/mol. The molecule has 14 nitrogen and oxygen atoms in total. The molecule has 3 aliphatic heterocycles. The maximum absolute atomic E-state index is 14.4. The van der Waals surface area contributed by atoms with Crippen molar-refractivity contribution in [2.45, 2.75) is 166 Å². The fraction of sp³-hybridized carbons (Fsp3) is 0.783. The van der Waals surface area contributed by atoms with E-state index in [1.165, 1.54) is 26.2 Å². The average molecular weight is 848 g/mol. The fourth-order valence-electron chi connectivity index (χ4n) is 9.86. The number of piperidine rings is 1. The van der Waals surface area contributed by atoms with E-state index in [2.05, 4.69) is 0 Å². The Labute approximate surface area is 357 Å². The molecule has 0 aromatic carbocycles. The number of ketones is 1. The lowest BCUT2D eigenvalue weighted by Crippen LogP contribution is -2.64. The van der Waals surface area contributed by atoms with Crippen LogP contribution in [0.5, 0.6) is 0 Å². The standard InChI is InChI=1S/C46H73NO13/c1-11-33-21-27(2)20-28(3)22-37(56-8)41-38(57-9)24-31(6)46(54,60-41)42(50)43(51)47-19-13-12-14-34(47)44(52)59-40(29(4)17-18-45(33,53)26-39(49)58-10)30(5)23-32-15-16-35(48)36(25-32)55-7/h17-18,21,23,28-29,31-38,40-41,48,53-54H,11-16,19-20,22,24-26H2,1-10H3/b18-17+,27-21+,30-23+/t28-,29+,31+,32-,33+,34-,35+,36+,37-,38-,40-,41+,45?,46+/m0/s1. The third-order valence-electron chi connectivity index (χ3n) is 13.4. The van der Waals surface area contributed by atoms with E-state index < -0.39 is 89.3 Å². The van der Waals surface area contributed by atoms with Gasteiger partial charge in [-0.2, -0.15) is 0 Å². The largest absolute Gasteiger partial charge is 0.469 e. The van der Waals surface area contributed by atoms with Crippen LogP contribution in [0.2, 0.25) is 0 Å². The molecule has 0 spiro atoms. The lowest BCUT2D eigenvalue weighted by molar-refractivity contribution is -0.302. The highest BCUT2D eigenvalue weighted by Crippen LogP contribution is 2.40. The molecular formula is C46H73NO13. The molecule has 60 heavy (non-hydrogen) atoms. The molecule has 4 aliphatic rings. The zero-order valence-electron chi connectivity index (χ0n) is 37.6. The Kier molecular flexibility index (Phi) is 18.1. The molecule has 0 radical (unpaired) electrons. The molecule has 1 amide bonds. The second kappa shape index (κ2) is 21.9. The summed E-state index contributed by atoms with van der Waals surface area (Å²) in [7, 11) is 5.91. The lowest BCUT2D eigenvalue weighted by Gasteiger charge is -2.47. The highest BCUT2D eigenvalue weighted by molar-refractivity contribution is 6.39. The first-order valence-corrected chi connectivity index (χ1v) is 21.9. The number of fused-ring (bicyclic) bond motifs is 3. The zero-order valence-corrected chi connectivity index (χ0v) is 37.6. The molecule has 1 saturated carbocycles. The minimum Gasteiger partial charge on any atom is -0.469 e. The number of carbonyl (C=O) groups is 4. The molecule has 3 N–H and O–H groups in total. The van der Waals surface area contributed by atoms with Gasteiger partial charge in [0.15, 0.2) is 0 Å². The summed E-state index contributed by atoms with van der Waals surface area (Å²) in [6.45, 7) is 11.4. The number of amides is 1. The SMILES string of the molecule is CC[C@@H]1/C=C(\C)C[C@H](C)C[C@H](OC)[C@H]2O[C@@](O)(C(=O)C(=O)N3CCCC[C@H]3C(=O)O[C@H](/C(C)=C/[C@@H]3CC[C@@H](O)[C@H](OC)C3)[C@H](C)/C=C/C1(O)CC(=O)OC)[C@H](C)C[C@@H]2OC. The number of carbonyl (C=O) groups excluding carboxylic acids is 4. The van der Waals surface area contributed by atoms with Crippen molar-refractivity contribution < 1.29 is 62.9 Å². The molecular weight excluding hydrogens is 774 g/mol. The van der Waals surface area contributed by atoms with Gasteiger partial charge in [0.05, 0.1) is 43.5 Å². The van der Waals surface area contributed by atoms with Crippen LogP contribution >= 0.6 is 0 Å². The first kappa shape index (κ1) is 49.7. The van der Waals surface area contributed by atoms with Crippen molar-refractivity contribution in [3.05, 3.63) is 35.5 Å². The van der Waals surface area contributed by atoms with Crippen LogP contribution in [0.1, 0.15) is 112 Å². The molecule has 0 aromatic heterocycles. The number of nitrogens with zero attached hydrogens (tertiary/aromatic N) is 1. The molecule has 0 aromatic rings. The Morgan fingerprint density at radius 2 is 1.62 bits per heavy atom. The Morgan fingerprint density at radius 1 is 0.950 bits per heavy atom. The minimum absolute atomic E-state index is 0.00709. The molecule has 1 aliphatic carbocycles. The van der Waals surface area contributed by atoms with E-state index in [-0.39, 0.29) is 43.7 Å². The van der Waals surface area contributed by atoms with Crippen LogP contribution in [0.15, 0.2) is 35.5 Å². The van der Waals surface area contributed by atoms with Crippen molar-refractivity contribution in [3.63, 3.8) is 0 Å². The van der Waals surface area contributed by atoms with Gasteiger partial charge < -0.3 is 48.6 Å². The Balaban J connectivity index is 1.85. The first-order chi connectivity index (χ1) is 28.4. The fourth-order valence-corrected chi connectivity index (χ4v) is 9.86. The smallest absolute Gasteiger partial charge is 0.329 e. The van der Waals surface area contributed by atoms with E-state index in [4.69, 9.17) is 28.4 Å². The van der Waals surface area contributed by atoms with Crippen LogP contribution in [0.4, 0.5) is 0 Å². The summed E-state index contributed by atoms with van der Waals surface area (Å²) < 4.78 is 35.0. The number of allylic oxidation sites excluding steroid dienone is 2. The van der Waals surface area contributed by atoms with E-state index in [0.717, 1.165) is 11.1 Å². The van der Waals surface area contributed by atoms with Crippen molar-refractivity contribution in [1.82, 2.24) is 4.90 Å². The number of ether oxygens (including phenoxy) is 6. The van der Waals surface area contributed by atoms with Crippen LogP contribution in [0.25, 0.3) is 0 Å². The number of esters is 2. The number of methoxy groups -OCH3 is 4. The van der Waals surface area contributed by atoms with E-state index in [9.17, 15) is 34.5 Å². The van der Waals surface area contributed by atoms with E-state index in [1.807, 2.05) is 46.8 Å². The van der Waals surface area contributed by atoms with E-state index >= 15 is 0 Å². The number of cyclic esters (lactones) is 1. The third kappa shape index (κ3) is 11.7. The van der Waals surface area contributed by atoms with Gasteiger partial charge >= 0.3 is 11.9 Å². The molecule has 1 unspecified atom stereocenters. The second-order valence-corrected chi connectivity index (χ2v) is 18.0. The summed E-state index contributed by atoms with van der Waals surface area (Å²) in [6, 6.07) is -1.12. The summed E-state index contributed by atoms with van der Waals surface area (Å²) in [4.78, 5) is 57.1. The molecule has 14 heteroatoms. The molecule has 4 rings (SSSR count). The number of aliphatic hydroxyl groups is 3. The molecule has 14 atom stereocenters. The Morgan fingerprint density at radius 3 is 2.25 bits per heavy atom. The van der Waals surface area contributed by atoms with Gasteiger partial charge in [0, 0.05) is 45.6 Å². The first-order valence-electron chi connectivity index (χ1n) is 21.9. The van der Waals surface area contributed by atoms with Gasteiger partial charge in [-0.1, -0.05) is 57.6 Å². The maximum Gasteiger partial charge on any atom is 0.329 e. The third-order valence-corrected chi connectivity index (χ3v) is 13.4. The van der Waals surface area contributed by atoms with Crippen molar-refractivity contribution in [2.75, 3.05) is 35.0 Å². The maximum atomic E-state index is 14.4. The van der Waals surface area contributed by atoms with Crippen molar-refractivity contribution in [3.8, 4) is 0 Å². The summed E-state index contributed by atoms with van der Waals surface area (Å²) >= 11 is 0. The average Bonchev–Trinajstić information content (AvgIpc) is 3.23. The van der Waals surface area contributed by atoms with Crippen LogP contribution in [-0.2, 0) is 47.6 Å². The number of hydrogen-bond acceptors (Lipinski definition) is 13. The number of Topliss-reactive ketones (excluding diaryl/α,β-unsaturated/α-hetero) is 1. The minimum atomic E-state index is -2.51. The highest BCUT2D eigenvalue weighted by Gasteiger charge is 2.56. The highest BCUT2D eigenvalue weighted by atomic mass is 16.7. The predicted molar refractivity (Wildman–Crippen MR) is 223 cm³/mol. The van der Waals surface area contributed by atoms with Gasteiger partial charge in [-0.05, 0) is 95.5 Å². The van der Waals surface area contributed by atoms with Gasteiger partial charge in [-0.25, -0.2) is 4.79 Å². The van der Waals surface area contributed by atoms with Crippen molar-refractivity contribution >= 4 is 23.6 Å². The van der Waals surface area contributed by atoms with Gasteiger partial charge in [0.1, 0.15) is 18.2 Å². The number of hydrogen-bond donors (Lipinski definition) is 3. The normalized spacial score (nSPS) is 41.0.